The number of aromatic nitrogens is 3. The first-order valence-electron chi connectivity index (χ1n) is 14.2. The fourth-order valence-corrected chi connectivity index (χ4v) is 5.42. The number of benzene rings is 2. The summed E-state index contributed by atoms with van der Waals surface area (Å²) in [5.41, 5.74) is 12.2. The third kappa shape index (κ3) is 5.94. The summed E-state index contributed by atoms with van der Waals surface area (Å²) in [6.45, 7) is 14.1. The van der Waals surface area contributed by atoms with Crippen LogP contribution in [0.1, 0.15) is 59.1 Å². The molecule has 0 bridgehead atoms. The predicted molar refractivity (Wildman–Crippen MR) is 170 cm³/mol. The van der Waals surface area contributed by atoms with Gasteiger partial charge in [-0.3, -0.25) is 0 Å². The van der Waals surface area contributed by atoms with E-state index in [2.05, 4.69) is 171 Å². The quantitative estimate of drug-likeness (QED) is 0.179. The maximum atomic E-state index is 2.42. The van der Waals surface area contributed by atoms with Gasteiger partial charge in [0.2, 0.25) is 11.4 Å². The monoisotopic (exact) mass is 526 g/mol. The molecule has 0 saturated carbocycles. The average molecular weight is 527 g/mol. The molecule has 0 fully saturated rings. The molecule has 0 amide bonds. The zero-order chi connectivity index (χ0) is 28.2. The van der Waals surface area contributed by atoms with Gasteiger partial charge in [0.25, 0.3) is 0 Å². The molecular formula is C37H40N3+. The van der Waals surface area contributed by atoms with Crippen LogP contribution in [0.2, 0.25) is 0 Å². The Bertz CT molecular complexity index is 1500. The van der Waals surface area contributed by atoms with Gasteiger partial charge in [-0.1, -0.05) is 38.1 Å². The van der Waals surface area contributed by atoms with E-state index in [1.54, 1.807) is 0 Å². The van der Waals surface area contributed by atoms with Crippen LogP contribution in [-0.2, 0) is 6.54 Å². The highest BCUT2D eigenvalue weighted by Gasteiger charge is 2.15. The number of aryl methyl sites for hydroxylation is 4. The van der Waals surface area contributed by atoms with E-state index in [1.165, 1.54) is 56.7 Å². The lowest BCUT2D eigenvalue weighted by molar-refractivity contribution is -0.705. The van der Waals surface area contributed by atoms with Crippen LogP contribution in [0.3, 0.4) is 0 Å². The Kier molecular flexibility index (Phi) is 8.02. The minimum atomic E-state index is 0.534. The smallest absolute Gasteiger partial charge is 0.205 e. The summed E-state index contributed by atoms with van der Waals surface area (Å²) in [4.78, 5) is 0. The second-order valence-electron chi connectivity index (χ2n) is 11.1. The van der Waals surface area contributed by atoms with Crippen molar-refractivity contribution in [2.24, 2.45) is 5.92 Å². The van der Waals surface area contributed by atoms with Crippen LogP contribution in [0.25, 0.3) is 35.7 Å². The molecule has 3 heterocycles. The van der Waals surface area contributed by atoms with Crippen LogP contribution < -0.4 is 4.57 Å². The summed E-state index contributed by atoms with van der Waals surface area (Å²) in [5.74, 6) is 0.534. The standard InChI is InChI=1S/C37H40N3/c1-27(2)26-38-34(20-14-32-16-22-36(23-17-32)39-28(3)10-11-29(39)4)8-7-9-35(38)21-15-33-18-24-37(25-19-33)40-30(5)12-13-31(40)6/h7-25,27H,26H2,1-6H3/q+1. The third-order valence-corrected chi connectivity index (χ3v) is 7.44. The zero-order valence-corrected chi connectivity index (χ0v) is 24.6. The number of rotatable bonds is 8. The molecule has 0 atom stereocenters. The Morgan fingerprint density at radius 1 is 0.525 bits per heavy atom. The molecule has 5 rings (SSSR count). The highest BCUT2D eigenvalue weighted by molar-refractivity contribution is 5.70. The van der Waals surface area contributed by atoms with Crippen LogP contribution in [-0.4, -0.2) is 9.13 Å². The Labute approximate surface area is 239 Å². The zero-order valence-electron chi connectivity index (χ0n) is 24.6. The molecule has 40 heavy (non-hydrogen) atoms. The van der Waals surface area contributed by atoms with Crippen molar-refractivity contribution in [3.05, 3.63) is 136 Å². The van der Waals surface area contributed by atoms with Crippen LogP contribution >= 0.6 is 0 Å². The molecule has 0 aliphatic carbocycles. The summed E-state index contributed by atoms with van der Waals surface area (Å²) in [5, 5.41) is 0. The van der Waals surface area contributed by atoms with Crippen molar-refractivity contribution >= 4 is 24.3 Å². The van der Waals surface area contributed by atoms with Crippen molar-refractivity contribution in [1.82, 2.24) is 9.13 Å². The van der Waals surface area contributed by atoms with Gasteiger partial charge in [-0.25, -0.2) is 0 Å². The van der Waals surface area contributed by atoms with Gasteiger partial charge in [0.15, 0.2) is 6.54 Å². The number of nitrogens with zero attached hydrogens (tertiary/aromatic N) is 3. The van der Waals surface area contributed by atoms with Crippen molar-refractivity contribution < 1.29 is 4.57 Å². The normalized spacial score (nSPS) is 11.9. The molecule has 202 valence electrons. The van der Waals surface area contributed by atoms with Gasteiger partial charge in [-0.15, -0.1) is 0 Å². The number of hydrogen-bond donors (Lipinski definition) is 0. The van der Waals surface area contributed by atoms with E-state index >= 15 is 0 Å². The SMILES string of the molecule is Cc1ccc(C)n1-c1ccc(/C=C/c2cccc(/C=C/c3ccc(-n4c(C)ccc4C)cc3)[n+]2CC(C)C)cc1. The number of hydrogen-bond acceptors (Lipinski definition) is 0. The molecule has 3 aromatic heterocycles. The van der Waals surface area contributed by atoms with Gasteiger partial charge >= 0.3 is 0 Å². The first-order valence-corrected chi connectivity index (χ1v) is 14.2. The van der Waals surface area contributed by atoms with Crippen molar-refractivity contribution in [3.63, 3.8) is 0 Å². The summed E-state index contributed by atoms with van der Waals surface area (Å²) in [6, 6.07) is 32.8. The summed E-state index contributed by atoms with van der Waals surface area (Å²) < 4.78 is 6.99. The number of pyridine rings is 1. The molecule has 0 aliphatic heterocycles. The van der Waals surface area contributed by atoms with E-state index in [0.717, 1.165) is 6.54 Å². The van der Waals surface area contributed by atoms with Gasteiger partial charge in [0, 0.05) is 64.4 Å². The Hall–Kier alpha value is -4.37. The third-order valence-electron chi connectivity index (χ3n) is 7.44. The molecule has 3 heteroatoms. The maximum absolute atomic E-state index is 2.42. The maximum Gasteiger partial charge on any atom is 0.205 e. The fraction of sp³-hybridized carbons (Fsp3) is 0.216. The largest absolute Gasteiger partial charge is 0.319 e. The highest BCUT2D eigenvalue weighted by Crippen LogP contribution is 2.19. The summed E-state index contributed by atoms with van der Waals surface area (Å²) in [6.07, 6.45) is 8.89. The lowest BCUT2D eigenvalue weighted by Crippen LogP contribution is -2.42. The lowest BCUT2D eigenvalue weighted by atomic mass is 10.1. The van der Waals surface area contributed by atoms with E-state index < -0.39 is 0 Å². The van der Waals surface area contributed by atoms with Crippen LogP contribution in [0.15, 0.2) is 91.0 Å². The second kappa shape index (κ2) is 11.8. The molecule has 0 unspecified atom stereocenters. The van der Waals surface area contributed by atoms with Gasteiger partial charge in [0.05, 0.1) is 0 Å². The minimum Gasteiger partial charge on any atom is -0.319 e. The van der Waals surface area contributed by atoms with Crippen LogP contribution in [0.4, 0.5) is 0 Å². The average Bonchev–Trinajstić information content (AvgIpc) is 3.46. The molecule has 2 aromatic carbocycles. The minimum absolute atomic E-state index is 0.534. The van der Waals surface area contributed by atoms with E-state index in [-0.39, 0.29) is 0 Å². The van der Waals surface area contributed by atoms with E-state index in [9.17, 15) is 0 Å². The molecule has 0 spiro atoms. The van der Waals surface area contributed by atoms with E-state index in [1.807, 2.05) is 0 Å². The van der Waals surface area contributed by atoms with Gasteiger partial charge < -0.3 is 9.13 Å². The van der Waals surface area contributed by atoms with Crippen LogP contribution in [0.5, 0.6) is 0 Å². The molecule has 0 saturated heterocycles. The van der Waals surface area contributed by atoms with Crippen LogP contribution in [0, 0.1) is 33.6 Å². The highest BCUT2D eigenvalue weighted by atomic mass is 15.0. The van der Waals surface area contributed by atoms with Crippen molar-refractivity contribution in [2.75, 3.05) is 0 Å². The fourth-order valence-electron chi connectivity index (χ4n) is 5.42. The Balaban J connectivity index is 1.38. The Morgan fingerprint density at radius 3 is 1.25 bits per heavy atom. The van der Waals surface area contributed by atoms with E-state index in [4.69, 9.17) is 0 Å². The second-order valence-corrected chi connectivity index (χ2v) is 11.1. The van der Waals surface area contributed by atoms with Crippen molar-refractivity contribution in [1.29, 1.82) is 0 Å². The molecule has 3 nitrogen and oxygen atoms in total. The van der Waals surface area contributed by atoms with Crippen molar-refractivity contribution in [2.45, 2.75) is 48.1 Å². The molecular weight excluding hydrogens is 486 g/mol. The van der Waals surface area contributed by atoms with Crippen molar-refractivity contribution in [3.8, 4) is 11.4 Å². The summed E-state index contributed by atoms with van der Waals surface area (Å²) in [7, 11) is 0. The van der Waals surface area contributed by atoms with Gasteiger partial charge in [-0.2, -0.15) is 4.57 Å². The first kappa shape index (κ1) is 27.2. The first-order chi connectivity index (χ1) is 19.3. The molecule has 0 radical (unpaired) electrons. The van der Waals surface area contributed by atoms with Gasteiger partial charge in [-0.05, 0) is 106 Å². The Morgan fingerprint density at radius 2 is 0.900 bits per heavy atom. The topological polar surface area (TPSA) is 13.7 Å². The van der Waals surface area contributed by atoms with Gasteiger partial charge in [0.1, 0.15) is 0 Å². The molecule has 0 aliphatic rings. The molecule has 0 N–H and O–H groups in total. The van der Waals surface area contributed by atoms with E-state index in [0.29, 0.717) is 5.92 Å². The predicted octanol–water partition coefficient (Wildman–Crippen LogP) is 8.79. The molecule has 5 aromatic rings. The summed E-state index contributed by atoms with van der Waals surface area (Å²) >= 11 is 0. The lowest BCUT2D eigenvalue weighted by Gasteiger charge is -2.10.